The highest BCUT2D eigenvalue weighted by molar-refractivity contribution is 7.89. The smallest absolute Gasteiger partial charge is 0.251 e. The molecular weight excluding hydrogens is 390 g/mol. The Balaban J connectivity index is 0.00000261. The van der Waals surface area contributed by atoms with Crippen molar-refractivity contribution < 1.29 is 18.3 Å². The summed E-state index contributed by atoms with van der Waals surface area (Å²) in [6, 6.07) is 4.79. The maximum absolute atomic E-state index is 12.9. The third-order valence-corrected chi connectivity index (χ3v) is 7.25. The van der Waals surface area contributed by atoms with Crippen molar-refractivity contribution in [3.8, 4) is 0 Å². The third-order valence-electron chi connectivity index (χ3n) is 5.21. The molecule has 0 radical (unpaired) electrons. The van der Waals surface area contributed by atoms with E-state index in [1.54, 1.807) is 19.1 Å². The second-order valence-electron chi connectivity index (χ2n) is 7.14. The van der Waals surface area contributed by atoms with Gasteiger partial charge in [-0.05, 0) is 37.5 Å². The molecule has 1 aromatic rings. The number of benzene rings is 1. The molecule has 0 aromatic heterocycles. The third kappa shape index (κ3) is 5.00. The average Bonchev–Trinajstić information content (AvgIpc) is 3.05. The number of nitrogens with zero attached hydrogens (tertiary/aromatic N) is 1. The fourth-order valence-corrected chi connectivity index (χ4v) is 5.28. The number of rotatable bonds is 5. The molecule has 2 saturated heterocycles. The summed E-state index contributed by atoms with van der Waals surface area (Å²) < 4.78 is 27.4. The molecule has 7 nitrogen and oxygen atoms in total. The molecule has 0 saturated carbocycles. The van der Waals surface area contributed by atoms with E-state index >= 15 is 0 Å². The topological polar surface area (TPSA) is 98.7 Å². The number of carbonyl (C=O) groups excluding carboxylic acids is 1. The van der Waals surface area contributed by atoms with Gasteiger partial charge in [-0.1, -0.05) is 12.5 Å². The van der Waals surface area contributed by atoms with Gasteiger partial charge in [0.15, 0.2) is 0 Å². The summed E-state index contributed by atoms with van der Waals surface area (Å²) in [6.07, 6.45) is 2.32. The van der Waals surface area contributed by atoms with Crippen LogP contribution in [0.15, 0.2) is 23.1 Å². The Hall–Kier alpha value is -1.19. The Labute approximate surface area is 167 Å². The second-order valence-corrected chi connectivity index (χ2v) is 9.05. The minimum atomic E-state index is -3.58. The van der Waals surface area contributed by atoms with Crippen molar-refractivity contribution in [2.24, 2.45) is 5.92 Å². The predicted octanol–water partition coefficient (Wildman–Crippen LogP) is 0.902. The lowest BCUT2D eigenvalue weighted by Gasteiger charge is -2.26. The van der Waals surface area contributed by atoms with Crippen LogP contribution in [0.2, 0.25) is 0 Å². The van der Waals surface area contributed by atoms with Gasteiger partial charge in [0.1, 0.15) is 0 Å². The number of nitrogens with one attached hydrogen (secondary N) is 2. The zero-order chi connectivity index (χ0) is 18.7. The molecule has 2 atom stereocenters. The van der Waals surface area contributed by atoms with E-state index in [-0.39, 0.29) is 29.1 Å². The van der Waals surface area contributed by atoms with Gasteiger partial charge in [-0.15, -0.1) is 12.4 Å². The van der Waals surface area contributed by atoms with Gasteiger partial charge in [0, 0.05) is 44.2 Å². The zero-order valence-corrected chi connectivity index (χ0v) is 17.1. The summed E-state index contributed by atoms with van der Waals surface area (Å²) in [4.78, 5) is 12.7. The minimum absolute atomic E-state index is 0. The van der Waals surface area contributed by atoms with E-state index in [9.17, 15) is 18.3 Å². The number of halogens is 1. The first-order valence-corrected chi connectivity index (χ1v) is 10.6. The van der Waals surface area contributed by atoms with Crippen LogP contribution in [0.5, 0.6) is 0 Å². The fourth-order valence-electron chi connectivity index (χ4n) is 3.52. The van der Waals surface area contributed by atoms with E-state index in [0.717, 1.165) is 19.3 Å². The molecule has 152 valence electrons. The normalized spacial score (nSPS) is 23.6. The van der Waals surface area contributed by atoms with Crippen molar-refractivity contribution in [2.45, 2.75) is 37.2 Å². The summed E-state index contributed by atoms with van der Waals surface area (Å²) in [5, 5.41) is 15.7. The number of aliphatic hydroxyl groups excluding tert-OH is 1. The lowest BCUT2D eigenvalue weighted by atomic mass is 10.1. The van der Waals surface area contributed by atoms with Crippen LogP contribution in [0.1, 0.15) is 35.2 Å². The first-order chi connectivity index (χ1) is 12.4. The largest absolute Gasteiger partial charge is 0.391 e. The summed E-state index contributed by atoms with van der Waals surface area (Å²) in [7, 11) is -3.58. The van der Waals surface area contributed by atoms with E-state index < -0.39 is 16.1 Å². The molecule has 0 spiro atoms. The van der Waals surface area contributed by atoms with Crippen molar-refractivity contribution in [1.29, 1.82) is 0 Å². The molecule has 0 bridgehead atoms. The monoisotopic (exact) mass is 417 g/mol. The predicted molar refractivity (Wildman–Crippen MR) is 106 cm³/mol. The molecule has 2 fully saturated rings. The lowest BCUT2D eigenvalue weighted by Crippen LogP contribution is -2.36. The van der Waals surface area contributed by atoms with Crippen LogP contribution in [-0.4, -0.2) is 62.6 Å². The number of aliphatic hydroxyl groups is 1. The van der Waals surface area contributed by atoms with Gasteiger partial charge < -0.3 is 15.7 Å². The quantitative estimate of drug-likeness (QED) is 0.661. The van der Waals surface area contributed by atoms with E-state index in [2.05, 4.69) is 10.6 Å². The number of piperidine rings is 1. The molecule has 1 aromatic carbocycles. The van der Waals surface area contributed by atoms with Gasteiger partial charge in [-0.2, -0.15) is 4.31 Å². The highest BCUT2D eigenvalue weighted by Crippen LogP contribution is 2.24. The van der Waals surface area contributed by atoms with Crippen LogP contribution >= 0.6 is 12.4 Å². The number of aryl methyl sites for hydroxylation is 1. The summed E-state index contributed by atoms with van der Waals surface area (Å²) in [5.41, 5.74) is 0.967. The molecule has 2 unspecified atom stereocenters. The Morgan fingerprint density at radius 3 is 2.59 bits per heavy atom. The van der Waals surface area contributed by atoms with Gasteiger partial charge in [-0.25, -0.2) is 8.42 Å². The molecular formula is C18H28ClN3O4S. The molecule has 3 N–H and O–H groups in total. The van der Waals surface area contributed by atoms with Crippen LogP contribution in [0, 0.1) is 12.8 Å². The number of amides is 1. The van der Waals surface area contributed by atoms with Crippen molar-refractivity contribution in [1.82, 2.24) is 14.9 Å². The second kappa shape index (κ2) is 9.34. The van der Waals surface area contributed by atoms with Crippen molar-refractivity contribution >= 4 is 28.3 Å². The maximum atomic E-state index is 12.9. The number of hydrogen-bond acceptors (Lipinski definition) is 5. The first kappa shape index (κ1) is 22.1. The standard InChI is InChI=1S/C18H27N3O4S.ClH/c1-13-5-6-14(18(23)20-11-15-10-19-12-16(15)22)9-17(13)26(24,25)21-7-3-2-4-8-21;/h5-6,9,15-16,19,22H,2-4,7-8,10-12H2,1H3,(H,20,23);1H. The molecule has 0 aliphatic carbocycles. The molecule has 27 heavy (non-hydrogen) atoms. The highest BCUT2D eigenvalue weighted by atomic mass is 35.5. The first-order valence-electron chi connectivity index (χ1n) is 9.17. The van der Waals surface area contributed by atoms with E-state index in [4.69, 9.17) is 0 Å². The average molecular weight is 418 g/mol. The van der Waals surface area contributed by atoms with Crippen molar-refractivity contribution in [3.05, 3.63) is 29.3 Å². The van der Waals surface area contributed by atoms with Gasteiger partial charge >= 0.3 is 0 Å². The molecule has 2 aliphatic heterocycles. The summed E-state index contributed by atoms with van der Waals surface area (Å²) in [5.74, 6) is -0.347. The number of hydrogen-bond donors (Lipinski definition) is 3. The summed E-state index contributed by atoms with van der Waals surface area (Å²) in [6.45, 7) is 4.36. The summed E-state index contributed by atoms with van der Waals surface area (Å²) >= 11 is 0. The highest BCUT2D eigenvalue weighted by Gasteiger charge is 2.29. The zero-order valence-electron chi connectivity index (χ0n) is 15.5. The molecule has 2 heterocycles. The van der Waals surface area contributed by atoms with Gasteiger partial charge in [0.05, 0.1) is 11.0 Å². The number of β-amino-alcohol motifs (C(OH)–C–C–N with tert-alkyl or cyclic N) is 1. The molecule has 9 heteroatoms. The Morgan fingerprint density at radius 2 is 1.96 bits per heavy atom. The van der Waals surface area contributed by atoms with Crippen LogP contribution < -0.4 is 10.6 Å². The van der Waals surface area contributed by atoms with E-state index in [1.165, 1.54) is 10.4 Å². The van der Waals surface area contributed by atoms with Gasteiger partial charge in [0.2, 0.25) is 10.0 Å². The van der Waals surface area contributed by atoms with Crippen LogP contribution in [0.3, 0.4) is 0 Å². The SMILES string of the molecule is Cc1ccc(C(=O)NCC2CNCC2O)cc1S(=O)(=O)N1CCCCC1.Cl. The van der Waals surface area contributed by atoms with Crippen LogP contribution in [0.25, 0.3) is 0 Å². The molecule has 2 aliphatic rings. The minimum Gasteiger partial charge on any atom is -0.391 e. The van der Waals surface area contributed by atoms with E-state index in [1.807, 2.05) is 0 Å². The number of sulfonamides is 1. The number of carbonyl (C=O) groups is 1. The molecule has 3 rings (SSSR count). The van der Waals surface area contributed by atoms with Crippen LogP contribution in [-0.2, 0) is 10.0 Å². The lowest BCUT2D eigenvalue weighted by molar-refractivity contribution is 0.0927. The van der Waals surface area contributed by atoms with Crippen LogP contribution in [0.4, 0.5) is 0 Å². The Bertz CT molecular complexity index is 766. The van der Waals surface area contributed by atoms with Gasteiger partial charge in [-0.3, -0.25) is 4.79 Å². The molecule has 1 amide bonds. The van der Waals surface area contributed by atoms with Crippen molar-refractivity contribution in [2.75, 3.05) is 32.7 Å². The maximum Gasteiger partial charge on any atom is 0.251 e. The van der Waals surface area contributed by atoms with E-state index in [0.29, 0.717) is 43.9 Å². The Kier molecular flexibility index (Phi) is 7.64. The fraction of sp³-hybridized carbons (Fsp3) is 0.611. The van der Waals surface area contributed by atoms with Crippen molar-refractivity contribution in [3.63, 3.8) is 0 Å². The Morgan fingerprint density at radius 1 is 1.26 bits per heavy atom. The van der Waals surface area contributed by atoms with Gasteiger partial charge in [0.25, 0.3) is 5.91 Å².